The number of phenolic OH excluding ortho intramolecular Hbond substituents is 1. The van der Waals surface area contributed by atoms with Crippen molar-refractivity contribution in [3.05, 3.63) is 38.3 Å². The van der Waals surface area contributed by atoms with Crippen LogP contribution in [0.5, 0.6) is 5.75 Å². The van der Waals surface area contributed by atoms with Crippen LogP contribution in [0, 0.1) is 10.1 Å². The molecule has 0 atom stereocenters. The number of nitrogens with one attached hydrogen (secondary N) is 1. The van der Waals surface area contributed by atoms with Crippen molar-refractivity contribution in [2.75, 3.05) is 0 Å². The summed E-state index contributed by atoms with van der Waals surface area (Å²) in [5.41, 5.74) is -2.43. The van der Waals surface area contributed by atoms with E-state index in [0.29, 0.717) is 0 Å². The fourth-order valence-corrected chi connectivity index (χ4v) is 1.40. The number of nitrogens with zero attached hydrogens (tertiary/aromatic N) is 2. The normalized spacial score (nSPS) is 10.4. The summed E-state index contributed by atoms with van der Waals surface area (Å²) in [7, 11) is 0. The van der Waals surface area contributed by atoms with Gasteiger partial charge in [0.15, 0.2) is 5.75 Å². The van der Waals surface area contributed by atoms with Crippen LogP contribution in [-0.4, -0.2) is 31.1 Å². The molecule has 18 heavy (non-hydrogen) atoms. The summed E-state index contributed by atoms with van der Waals surface area (Å²) in [6, 6.07) is 1.82. The Morgan fingerprint density at radius 1 is 1.44 bits per heavy atom. The number of hydrogen-bond donors (Lipinski definition) is 3. The standard InChI is InChI=1S/C9H5N3O6/c13-6-2-4-3(1-5(6)12(17)18)11-8(14)7(10-4)9(15)16/h1-2,13H,(H,11,14)(H,15,16). The first-order chi connectivity index (χ1) is 8.40. The van der Waals surface area contributed by atoms with Crippen LogP contribution in [0.25, 0.3) is 11.0 Å². The average molecular weight is 251 g/mol. The molecule has 0 amide bonds. The third-order valence-electron chi connectivity index (χ3n) is 2.19. The molecule has 0 saturated heterocycles. The van der Waals surface area contributed by atoms with Gasteiger partial charge in [-0.1, -0.05) is 0 Å². The van der Waals surface area contributed by atoms with Gasteiger partial charge in [0, 0.05) is 12.1 Å². The second-order valence-corrected chi connectivity index (χ2v) is 3.33. The molecule has 0 aliphatic heterocycles. The van der Waals surface area contributed by atoms with Gasteiger partial charge in [0.05, 0.1) is 16.0 Å². The number of aromatic nitrogens is 2. The first-order valence-electron chi connectivity index (χ1n) is 4.55. The third kappa shape index (κ3) is 1.73. The number of nitro benzene ring substituents is 1. The molecule has 0 aliphatic rings. The summed E-state index contributed by atoms with van der Waals surface area (Å²) in [6.45, 7) is 0. The van der Waals surface area contributed by atoms with Gasteiger partial charge in [0.25, 0.3) is 5.56 Å². The molecule has 1 heterocycles. The van der Waals surface area contributed by atoms with E-state index in [4.69, 9.17) is 5.11 Å². The van der Waals surface area contributed by atoms with Crippen molar-refractivity contribution in [2.45, 2.75) is 0 Å². The maximum Gasteiger partial charge on any atom is 0.360 e. The number of carboxylic acid groups (broad SMARTS) is 1. The van der Waals surface area contributed by atoms with Gasteiger partial charge in [0.2, 0.25) is 5.69 Å². The number of hydrogen-bond acceptors (Lipinski definition) is 6. The Kier molecular flexibility index (Phi) is 2.43. The number of fused-ring (bicyclic) bond motifs is 1. The number of carbonyl (C=O) groups is 1. The van der Waals surface area contributed by atoms with Gasteiger partial charge in [-0.05, 0) is 0 Å². The molecule has 2 rings (SSSR count). The molecule has 0 bridgehead atoms. The molecule has 0 aliphatic carbocycles. The van der Waals surface area contributed by atoms with Gasteiger partial charge >= 0.3 is 11.7 Å². The molecular weight excluding hydrogens is 246 g/mol. The van der Waals surface area contributed by atoms with Crippen molar-refractivity contribution < 1.29 is 19.9 Å². The molecule has 92 valence electrons. The predicted octanol–water partition coefficient (Wildman–Crippen LogP) is 0.235. The van der Waals surface area contributed by atoms with Crippen LogP contribution >= 0.6 is 0 Å². The fraction of sp³-hybridized carbons (Fsp3) is 0. The molecule has 0 saturated carbocycles. The molecular formula is C9H5N3O6. The maximum absolute atomic E-state index is 11.3. The number of H-pyrrole nitrogens is 1. The maximum atomic E-state index is 11.3. The Bertz CT molecular complexity index is 735. The highest BCUT2D eigenvalue weighted by Gasteiger charge is 2.18. The summed E-state index contributed by atoms with van der Waals surface area (Å²) in [4.78, 5) is 37.4. The molecule has 1 aromatic carbocycles. The number of nitro groups is 1. The summed E-state index contributed by atoms with van der Waals surface area (Å²) in [6.07, 6.45) is 0. The lowest BCUT2D eigenvalue weighted by Crippen LogP contribution is -2.19. The van der Waals surface area contributed by atoms with Gasteiger partial charge in [-0.25, -0.2) is 9.78 Å². The van der Waals surface area contributed by atoms with Gasteiger partial charge in [-0.15, -0.1) is 0 Å². The van der Waals surface area contributed by atoms with Crippen molar-refractivity contribution in [2.24, 2.45) is 0 Å². The summed E-state index contributed by atoms with van der Waals surface area (Å²) < 4.78 is 0. The van der Waals surface area contributed by atoms with Crippen molar-refractivity contribution in [3.8, 4) is 5.75 Å². The molecule has 0 spiro atoms. The largest absolute Gasteiger partial charge is 0.502 e. The lowest BCUT2D eigenvalue weighted by molar-refractivity contribution is -0.385. The monoisotopic (exact) mass is 251 g/mol. The Balaban J connectivity index is 2.82. The van der Waals surface area contributed by atoms with E-state index >= 15 is 0 Å². The second-order valence-electron chi connectivity index (χ2n) is 3.33. The van der Waals surface area contributed by atoms with Crippen LogP contribution in [0.3, 0.4) is 0 Å². The van der Waals surface area contributed by atoms with Gasteiger partial charge in [0.1, 0.15) is 0 Å². The molecule has 0 fully saturated rings. The average Bonchev–Trinajstić information content (AvgIpc) is 2.27. The number of carboxylic acids is 1. The number of aromatic hydroxyl groups is 1. The Labute approximate surface area is 97.5 Å². The zero-order valence-electron chi connectivity index (χ0n) is 8.58. The van der Waals surface area contributed by atoms with Crippen molar-refractivity contribution in [1.29, 1.82) is 0 Å². The number of phenols is 1. The van der Waals surface area contributed by atoms with Crippen LogP contribution in [-0.2, 0) is 0 Å². The van der Waals surface area contributed by atoms with E-state index in [1.54, 1.807) is 0 Å². The topological polar surface area (TPSA) is 146 Å². The molecule has 0 unspecified atom stereocenters. The highest BCUT2D eigenvalue weighted by Crippen LogP contribution is 2.28. The van der Waals surface area contributed by atoms with E-state index in [9.17, 15) is 24.8 Å². The number of benzene rings is 1. The fourth-order valence-electron chi connectivity index (χ4n) is 1.40. The smallest absolute Gasteiger partial charge is 0.360 e. The molecule has 0 radical (unpaired) electrons. The molecule has 1 aromatic heterocycles. The summed E-state index contributed by atoms with van der Waals surface area (Å²) in [5, 5.41) is 28.6. The van der Waals surface area contributed by atoms with Crippen LogP contribution in [0.15, 0.2) is 16.9 Å². The number of aromatic amines is 1. The third-order valence-corrected chi connectivity index (χ3v) is 2.19. The van der Waals surface area contributed by atoms with E-state index in [0.717, 1.165) is 12.1 Å². The second kappa shape index (κ2) is 3.80. The van der Waals surface area contributed by atoms with Crippen molar-refractivity contribution in [3.63, 3.8) is 0 Å². The van der Waals surface area contributed by atoms with Crippen LogP contribution in [0.2, 0.25) is 0 Å². The molecule has 2 aromatic rings. The van der Waals surface area contributed by atoms with E-state index in [1.807, 2.05) is 0 Å². The number of aromatic carboxylic acids is 1. The zero-order valence-corrected chi connectivity index (χ0v) is 8.58. The lowest BCUT2D eigenvalue weighted by Gasteiger charge is -2.01. The van der Waals surface area contributed by atoms with Gasteiger partial charge < -0.3 is 15.2 Å². The van der Waals surface area contributed by atoms with E-state index in [1.165, 1.54) is 0 Å². The SMILES string of the molecule is O=C(O)c1nc2cc(O)c([N+](=O)[O-])cc2[nH]c1=O. The van der Waals surface area contributed by atoms with E-state index < -0.39 is 33.6 Å². The van der Waals surface area contributed by atoms with E-state index in [2.05, 4.69) is 9.97 Å². The highest BCUT2D eigenvalue weighted by atomic mass is 16.6. The minimum Gasteiger partial charge on any atom is -0.502 e. The highest BCUT2D eigenvalue weighted by molar-refractivity contribution is 5.88. The Morgan fingerprint density at radius 2 is 2.11 bits per heavy atom. The minimum atomic E-state index is -1.53. The predicted molar refractivity (Wildman–Crippen MR) is 57.6 cm³/mol. The van der Waals surface area contributed by atoms with Crippen LogP contribution < -0.4 is 5.56 Å². The Hall–Kier alpha value is -2.97. The van der Waals surface area contributed by atoms with Crippen molar-refractivity contribution >= 4 is 22.7 Å². The Morgan fingerprint density at radius 3 is 2.67 bits per heavy atom. The molecule has 9 heteroatoms. The number of rotatable bonds is 2. The van der Waals surface area contributed by atoms with Crippen molar-refractivity contribution in [1.82, 2.24) is 9.97 Å². The summed E-state index contributed by atoms with van der Waals surface area (Å²) in [5.74, 6) is -2.20. The zero-order chi connectivity index (χ0) is 13.4. The molecule has 3 N–H and O–H groups in total. The quantitative estimate of drug-likeness (QED) is 0.511. The lowest BCUT2D eigenvalue weighted by atomic mass is 10.2. The first kappa shape index (κ1) is 11.5. The summed E-state index contributed by atoms with van der Waals surface area (Å²) >= 11 is 0. The van der Waals surface area contributed by atoms with Gasteiger partial charge in [-0.2, -0.15) is 0 Å². The minimum absolute atomic E-state index is 0.0329. The van der Waals surface area contributed by atoms with Crippen LogP contribution in [0.4, 0.5) is 5.69 Å². The van der Waals surface area contributed by atoms with E-state index in [-0.39, 0.29) is 11.0 Å². The molecule has 9 nitrogen and oxygen atoms in total. The first-order valence-corrected chi connectivity index (χ1v) is 4.55. The van der Waals surface area contributed by atoms with Crippen LogP contribution in [0.1, 0.15) is 10.5 Å². The van der Waals surface area contributed by atoms with Gasteiger partial charge in [-0.3, -0.25) is 14.9 Å².